The van der Waals surface area contributed by atoms with Crippen molar-refractivity contribution < 1.29 is 0 Å². The van der Waals surface area contributed by atoms with Crippen molar-refractivity contribution >= 4 is 65.4 Å². The third-order valence-electron chi connectivity index (χ3n) is 9.69. The van der Waals surface area contributed by atoms with Crippen LogP contribution >= 0.6 is 0 Å². The summed E-state index contributed by atoms with van der Waals surface area (Å²) in [5.74, 6) is 0. The Hall–Kier alpha value is -5.80. The van der Waals surface area contributed by atoms with Crippen LogP contribution in [0.3, 0.4) is 0 Å². The van der Waals surface area contributed by atoms with Crippen molar-refractivity contribution in [1.82, 2.24) is 13.7 Å². The maximum absolute atomic E-state index is 2.63. The minimum atomic E-state index is 0.214. The van der Waals surface area contributed by atoms with Gasteiger partial charge in [-0.05, 0) is 48.9 Å². The Morgan fingerprint density at radius 1 is 0.422 bits per heavy atom. The number of benzene rings is 6. The first kappa shape index (κ1) is 24.6. The van der Waals surface area contributed by atoms with Crippen LogP contribution in [0, 0.1) is 0 Å². The predicted octanol–water partition coefficient (Wildman–Crippen LogP) is 11.0. The highest BCUT2D eigenvalue weighted by atomic mass is 15.1. The minimum absolute atomic E-state index is 0.214. The maximum atomic E-state index is 2.63. The summed E-state index contributed by atoms with van der Waals surface area (Å²) in [4.78, 5) is 0. The largest absolute Gasteiger partial charge is 0.332 e. The molecule has 1 aliphatic rings. The Bertz CT molecular complexity index is 2590. The first-order chi connectivity index (χ1) is 22.4. The third kappa shape index (κ3) is 3.30. The number of hydrogen-bond acceptors (Lipinski definition) is 0. The molecular weight excluding hydrogens is 546 g/mol. The van der Waals surface area contributed by atoms with E-state index in [0.29, 0.717) is 0 Å². The second-order valence-corrected chi connectivity index (χ2v) is 12.1. The van der Waals surface area contributed by atoms with E-state index in [1.165, 1.54) is 76.8 Å². The van der Waals surface area contributed by atoms with Crippen LogP contribution in [0.5, 0.6) is 0 Å². The second-order valence-electron chi connectivity index (χ2n) is 12.1. The smallest absolute Gasteiger partial charge is 0.0662 e. The normalized spacial score (nSPS) is 15.1. The topological polar surface area (TPSA) is 14.8 Å². The lowest BCUT2D eigenvalue weighted by Crippen LogP contribution is -2.07. The van der Waals surface area contributed by atoms with Crippen molar-refractivity contribution in [3.8, 4) is 11.4 Å². The fourth-order valence-corrected chi connectivity index (χ4v) is 7.98. The molecule has 0 N–H and O–H groups in total. The lowest BCUT2D eigenvalue weighted by atomic mass is 10.0. The van der Waals surface area contributed by atoms with E-state index in [0.717, 1.165) is 6.42 Å². The molecule has 0 spiro atoms. The molecule has 212 valence electrons. The lowest BCUT2D eigenvalue weighted by molar-refractivity contribution is 0.649. The van der Waals surface area contributed by atoms with Gasteiger partial charge in [-0.15, -0.1) is 0 Å². The molecule has 6 aromatic carbocycles. The zero-order valence-electron chi connectivity index (χ0n) is 24.6. The first-order valence-electron chi connectivity index (χ1n) is 15.8. The third-order valence-corrected chi connectivity index (χ3v) is 9.69. The number of fused-ring (bicyclic) bond motifs is 12. The van der Waals surface area contributed by atoms with Gasteiger partial charge in [-0.3, -0.25) is 0 Å². The summed E-state index contributed by atoms with van der Waals surface area (Å²) in [5.41, 5.74) is 9.87. The van der Waals surface area contributed by atoms with Gasteiger partial charge in [0.25, 0.3) is 0 Å². The number of para-hydroxylation sites is 5. The van der Waals surface area contributed by atoms with Gasteiger partial charge in [-0.25, -0.2) is 0 Å². The standard InChI is InChI=1S/C42H29N3/c1-4-16-28(17-5-1)43-34-25-13-10-22-31(34)37-40(43)38-32-23-11-14-26-35(32)44(29-18-6-2-7-19-29)42(38)39-33-24-12-15-27-36(33)45(41(37)39)30-20-8-3-9-21-30/h1-20,22-27,30H,21H2. The van der Waals surface area contributed by atoms with Gasteiger partial charge in [-0.2, -0.15) is 0 Å². The molecule has 0 amide bonds. The molecule has 0 saturated carbocycles. The summed E-state index contributed by atoms with van der Waals surface area (Å²) in [5, 5.41) is 7.75. The van der Waals surface area contributed by atoms with Gasteiger partial charge in [0.05, 0.1) is 33.6 Å². The average molecular weight is 576 g/mol. The van der Waals surface area contributed by atoms with E-state index in [-0.39, 0.29) is 6.04 Å². The fourth-order valence-electron chi connectivity index (χ4n) is 7.98. The zero-order chi connectivity index (χ0) is 29.5. The number of allylic oxidation sites excluding steroid dienone is 4. The van der Waals surface area contributed by atoms with E-state index in [2.05, 4.69) is 171 Å². The minimum Gasteiger partial charge on any atom is -0.332 e. The van der Waals surface area contributed by atoms with Crippen molar-refractivity contribution in [2.24, 2.45) is 0 Å². The predicted molar refractivity (Wildman–Crippen MR) is 190 cm³/mol. The maximum Gasteiger partial charge on any atom is 0.0662 e. The highest BCUT2D eigenvalue weighted by molar-refractivity contribution is 6.40. The molecule has 45 heavy (non-hydrogen) atoms. The number of hydrogen-bond donors (Lipinski definition) is 0. The van der Waals surface area contributed by atoms with Crippen LogP contribution in [0.4, 0.5) is 0 Å². The summed E-state index contributed by atoms with van der Waals surface area (Å²) in [6.45, 7) is 0. The molecule has 0 bridgehead atoms. The van der Waals surface area contributed by atoms with Gasteiger partial charge in [0.15, 0.2) is 0 Å². The molecule has 0 aliphatic heterocycles. The molecule has 0 radical (unpaired) electrons. The van der Waals surface area contributed by atoms with E-state index in [9.17, 15) is 0 Å². The summed E-state index contributed by atoms with van der Waals surface area (Å²) in [6, 6.07) is 48.9. The van der Waals surface area contributed by atoms with Crippen LogP contribution < -0.4 is 0 Å². The fraction of sp³-hybridized carbons (Fsp3) is 0.0476. The molecule has 3 aromatic heterocycles. The van der Waals surface area contributed by atoms with Gasteiger partial charge in [-0.1, -0.05) is 115 Å². The van der Waals surface area contributed by atoms with Crippen molar-refractivity contribution in [2.45, 2.75) is 12.5 Å². The molecule has 1 atom stereocenters. The second kappa shape index (κ2) is 9.35. The molecule has 10 rings (SSSR count). The molecule has 9 aromatic rings. The van der Waals surface area contributed by atoms with Gasteiger partial charge in [0, 0.05) is 49.2 Å². The molecule has 3 heterocycles. The summed E-state index contributed by atoms with van der Waals surface area (Å²) < 4.78 is 7.64. The van der Waals surface area contributed by atoms with E-state index < -0.39 is 0 Å². The Labute approximate surface area is 260 Å². The summed E-state index contributed by atoms with van der Waals surface area (Å²) >= 11 is 0. The van der Waals surface area contributed by atoms with Crippen molar-refractivity contribution in [3.63, 3.8) is 0 Å². The van der Waals surface area contributed by atoms with E-state index in [1.807, 2.05) is 0 Å². The van der Waals surface area contributed by atoms with Gasteiger partial charge < -0.3 is 13.7 Å². The molecule has 1 unspecified atom stereocenters. The molecule has 3 heteroatoms. The number of rotatable bonds is 3. The zero-order valence-corrected chi connectivity index (χ0v) is 24.6. The SMILES string of the molecule is C1=CCC(n2c3ccccc3c3c4c(c5ccccc5n4-c4ccccc4)c4c(c5ccccc5n4-c4ccccc4)c32)C=C1. The number of nitrogens with zero attached hydrogens (tertiary/aromatic N) is 3. The molecule has 1 aliphatic carbocycles. The number of aromatic nitrogens is 3. The van der Waals surface area contributed by atoms with Crippen LogP contribution in [-0.2, 0) is 0 Å². The highest BCUT2D eigenvalue weighted by Crippen LogP contribution is 2.50. The van der Waals surface area contributed by atoms with Gasteiger partial charge in [0.1, 0.15) is 0 Å². The molecule has 3 nitrogen and oxygen atoms in total. The Morgan fingerprint density at radius 3 is 1.38 bits per heavy atom. The van der Waals surface area contributed by atoms with Crippen LogP contribution in [0.1, 0.15) is 12.5 Å². The van der Waals surface area contributed by atoms with Crippen LogP contribution in [0.15, 0.2) is 158 Å². The quantitative estimate of drug-likeness (QED) is 0.199. The molecule has 0 saturated heterocycles. The average Bonchev–Trinajstić information content (AvgIpc) is 3.75. The summed E-state index contributed by atoms with van der Waals surface area (Å²) in [6.07, 6.45) is 10.0. The van der Waals surface area contributed by atoms with Crippen molar-refractivity contribution in [1.29, 1.82) is 0 Å². The van der Waals surface area contributed by atoms with E-state index in [1.54, 1.807) is 0 Å². The van der Waals surface area contributed by atoms with E-state index in [4.69, 9.17) is 0 Å². The lowest BCUT2D eigenvalue weighted by Gasteiger charge is -2.19. The highest BCUT2D eigenvalue weighted by Gasteiger charge is 2.29. The summed E-state index contributed by atoms with van der Waals surface area (Å²) in [7, 11) is 0. The van der Waals surface area contributed by atoms with E-state index >= 15 is 0 Å². The Balaban J connectivity index is 1.60. The first-order valence-corrected chi connectivity index (χ1v) is 15.8. The van der Waals surface area contributed by atoms with Crippen LogP contribution in [-0.4, -0.2) is 13.7 Å². The van der Waals surface area contributed by atoms with Crippen LogP contribution in [0.25, 0.3) is 76.8 Å². The Morgan fingerprint density at radius 2 is 0.867 bits per heavy atom. The monoisotopic (exact) mass is 575 g/mol. The molecular formula is C42H29N3. The van der Waals surface area contributed by atoms with Crippen LogP contribution in [0.2, 0.25) is 0 Å². The van der Waals surface area contributed by atoms with Crippen molar-refractivity contribution in [3.05, 3.63) is 158 Å². The van der Waals surface area contributed by atoms with Gasteiger partial charge in [0.2, 0.25) is 0 Å². The van der Waals surface area contributed by atoms with Gasteiger partial charge >= 0.3 is 0 Å². The van der Waals surface area contributed by atoms with Crippen molar-refractivity contribution in [2.75, 3.05) is 0 Å². The molecule has 0 fully saturated rings. The Kier molecular flexibility index (Phi) is 5.11.